The third kappa shape index (κ3) is 3.94. The molecule has 4 aliphatic heterocycles. The van der Waals surface area contributed by atoms with Crippen LogP contribution in [0.4, 0.5) is 0 Å². The maximum absolute atomic E-state index is 13.0. The van der Waals surface area contributed by atoms with Crippen LogP contribution in [0.15, 0.2) is 35.5 Å². The van der Waals surface area contributed by atoms with E-state index in [0.717, 1.165) is 64.0 Å². The van der Waals surface area contributed by atoms with Gasteiger partial charge in [-0.1, -0.05) is 13.8 Å². The molecule has 8 heteroatoms. The number of amides is 2. The molecule has 5 aliphatic rings. The summed E-state index contributed by atoms with van der Waals surface area (Å²) in [5.74, 6) is 0.757. The van der Waals surface area contributed by atoms with Crippen LogP contribution >= 0.6 is 0 Å². The predicted octanol–water partition coefficient (Wildman–Crippen LogP) is 2.38. The van der Waals surface area contributed by atoms with Gasteiger partial charge in [-0.2, -0.15) is 0 Å². The Kier molecular flexibility index (Phi) is 5.53. The normalized spacial score (nSPS) is 26.2. The van der Waals surface area contributed by atoms with Crippen molar-refractivity contribution < 1.29 is 19.4 Å². The molecule has 3 fully saturated rings. The summed E-state index contributed by atoms with van der Waals surface area (Å²) >= 11 is 0. The van der Waals surface area contributed by atoms with E-state index in [2.05, 4.69) is 18.9 Å². The number of aliphatic hydroxyl groups is 1. The number of hydrogen-bond acceptors (Lipinski definition) is 6. The molecule has 1 N–H and O–H groups in total. The summed E-state index contributed by atoms with van der Waals surface area (Å²) in [4.78, 5) is 29.5. The van der Waals surface area contributed by atoms with Crippen LogP contribution in [-0.2, 0) is 14.3 Å². The Bertz CT molecular complexity index is 882. The Morgan fingerprint density at radius 3 is 2.72 bits per heavy atom. The molecular weight excluding hydrogens is 408 g/mol. The van der Waals surface area contributed by atoms with Crippen LogP contribution in [0.3, 0.4) is 0 Å². The first-order valence-corrected chi connectivity index (χ1v) is 11.9. The summed E-state index contributed by atoms with van der Waals surface area (Å²) in [6.45, 7) is 8.46. The monoisotopic (exact) mass is 442 g/mol. The molecule has 0 aromatic carbocycles. The van der Waals surface area contributed by atoms with Crippen molar-refractivity contribution in [2.75, 3.05) is 39.4 Å². The van der Waals surface area contributed by atoms with E-state index in [1.165, 1.54) is 6.08 Å². The number of aliphatic hydroxyl groups excluding tert-OH is 1. The number of hydrogen-bond donors (Lipinski definition) is 1. The van der Waals surface area contributed by atoms with E-state index in [1.54, 1.807) is 16.0 Å². The number of likely N-dealkylation sites (tertiary alicyclic amines) is 1. The zero-order chi connectivity index (χ0) is 22.5. The highest BCUT2D eigenvalue weighted by Gasteiger charge is 2.46. The lowest BCUT2D eigenvalue weighted by molar-refractivity contribution is -0.130. The predicted molar refractivity (Wildman–Crippen MR) is 119 cm³/mol. The molecule has 0 aromatic heterocycles. The van der Waals surface area contributed by atoms with E-state index >= 15 is 0 Å². The van der Waals surface area contributed by atoms with E-state index < -0.39 is 0 Å². The maximum Gasteiger partial charge on any atom is 0.257 e. The van der Waals surface area contributed by atoms with Crippen LogP contribution in [0.2, 0.25) is 0 Å². The van der Waals surface area contributed by atoms with Crippen molar-refractivity contribution in [3.05, 3.63) is 35.5 Å². The largest absolute Gasteiger partial charge is 0.493 e. The Balaban J connectivity index is 1.38. The second-order valence-electron chi connectivity index (χ2n) is 10.3. The van der Waals surface area contributed by atoms with Crippen molar-refractivity contribution >= 4 is 11.8 Å². The molecule has 2 saturated heterocycles. The Hall–Kier alpha value is -2.32. The second-order valence-corrected chi connectivity index (χ2v) is 10.3. The topological polar surface area (TPSA) is 76.6 Å². The lowest BCUT2D eigenvalue weighted by atomic mass is 9.80. The first-order valence-electron chi connectivity index (χ1n) is 11.9. The fraction of sp³-hybridized carbons (Fsp3) is 0.667. The van der Waals surface area contributed by atoms with E-state index in [9.17, 15) is 14.7 Å². The van der Waals surface area contributed by atoms with Crippen LogP contribution < -0.4 is 0 Å². The first-order chi connectivity index (χ1) is 15.4. The molecule has 0 aromatic rings. The number of hydrazine groups is 1. The van der Waals surface area contributed by atoms with Gasteiger partial charge in [-0.15, -0.1) is 0 Å². The van der Waals surface area contributed by atoms with Gasteiger partial charge in [0.25, 0.3) is 5.91 Å². The Labute approximate surface area is 189 Å². The third-order valence-electron chi connectivity index (χ3n) is 7.31. The quantitative estimate of drug-likeness (QED) is 0.659. The smallest absolute Gasteiger partial charge is 0.257 e. The summed E-state index contributed by atoms with van der Waals surface area (Å²) in [6.07, 6.45) is 10.1. The molecular formula is C24H34N4O4. The van der Waals surface area contributed by atoms with Crippen molar-refractivity contribution in [3.8, 4) is 0 Å². The summed E-state index contributed by atoms with van der Waals surface area (Å²) in [6, 6.07) is 0.364. The average molecular weight is 443 g/mol. The minimum absolute atomic E-state index is 0.0233. The Morgan fingerprint density at radius 1 is 1.28 bits per heavy atom. The van der Waals surface area contributed by atoms with Crippen molar-refractivity contribution in [3.63, 3.8) is 0 Å². The summed E-state index contributed by atoms with van der Waals surface area (Å²) in [7, 11) is 0. The number of nitrogens with zero attached hydrogens (tertiary/aromatic N) is 4. The van der Waals surface area contributed by atoms with Gasteiger partial charge < -0.3 is 14.7 Å². The molecule has 1 aliphatic carbocycles. The minimum atomic E-state index is -0.210. The number of carbonyl (C=O) groups excluding carboxylic acids is 2. The molecule has 0 bridgehead atoms. The SMILES string of the molecule is CC(C)CN1C(=O)C=C(O)N2C1=C(/C=C/C(=O)N1CCC3(CCOCC3)C1)CN2C1CC1. The molecule has 174 valence electrons. The van der Waals surface area contributed by atoms with Gasteiger partial charge in [0.1, 0.15) is 5.82 Å². The number of ether oxygens (including phenoxy) is 1. The molecule has 32 heavy (non-hydrogen) atoms. The highest BCUT2D eigenvalue weighted by atomic mass is 16.5. The van der Waals surface area contributed by atoms with Gasteiger partial charge in [0.15, 0.2) is 0 Å². The van der Waals surface area contributed by atoms with Crippen LogP contribution in [0.25, 0.3) is 0 Å². The van der Waals surface area contributed by atoms with E-state index in [-0.39, 0.29) is 29.0 Å². The van der Waals surface area contributed by atoms with E-state index in [4.69, 9.17) is 4.74 Å². The molecule has 0 unspecified atom stereocenters. The fourth-order valence-electron chi connectivity index (χ4n) is 5.40. The van der Waals surface area contributed by atoms with Crippen LogP contribution in [-0.4, -0.2) is 82.2 Å². The molecule has 0 radical (unpaired) electrons. The van der Waals surface area contributed by atoms with Gasteiger partial charge in [-0.3, -0.25) is 14.5 Å². The van der Waals surface area contributed by atoms with Gasteiger partial charge >= 0.3 is 0 Å². The highest BCUT2D eigenvalue weighted by Crippen LogP contribution is 2.41. The molecule has 1 spiro atoms. The van der Waals surface area contributed by atoms with Crippen molar-refractivity contribution in [1.82, 2.24) is 19.8 Å². The molecule has 8 nitrogen and oxygen atoms in total. The van der Waals surface area contributed by atoms with Gasteiger partial charge in [0.05, 0.1) is 6.08 Å². The molecule has 4 heterocycles. The Morgan fingerprint density at radius 2 is 2.03 bits per heavy atom. The molecule has 5 rings (SSSR count). The zero-order valence-electron chi connectivity index (χ0n) is 19.1. The number of carbonyl (C=O) groups is 2. The van der Waals surface area contributed by atoms with Crippen molar-refractivity contribution in [1.29, 1.82) is 0 Å². The lowest BCUT2D eigenvalue weighted by Crippen LogP contribution is -2.48. The van der Waals surface area contributed by atoms with Gasteiger partial charge in [-0.05, 0) is 49.5 Å². The summed E-state index contributed by atoms with van der Waals surface area (Å²) in [5, 5.41) is 14.5. The lowest BCUT2D eigenvalue weighted by Gasteiger charge is -2.38. The molecule has 0 atom stereocenters. The van der Waals surface area contributed by atoms with Crippen LogP contribution in [0.5, 0.6) is 0 Å². The second kappa shape index (κ2) is 8.23. The first kappa shape index (κ1) is 21.5. The van der Waals surface area contributed by atoms with E-state index in [1.807, 2.05) is 11.0 Å². The van der Waals surface area contributed by atoms with E-state index in [0.29, 0.717) is 25.0 Å². The summed E-state index contributed by atoms with van der Waals surface area (Å²) < 4.78 is 5.52. The summed E-state index contributed by atoms with van der Waals surface area (Å²) in [5.41, 5.74) is 1.12. The van der Waals surface area contributed by atoms with Gasteiger partial charge in [0, 0.05) is 57.1 Å². The highest BCUT2D eigenvalue weighted by molar-refractivity contribution is 5.91. The number of rotatable bonds is 5. The van der Waals surface area contributed by atoms with Crippen molar-refractivity contribution in [2.45, 2.75) is 52.0 Å². The van der Waals surface area contributed by atoms with Crippen LogP contribution in [0, 0.1) is 11.3 Å². The van der Waals surface area contributed by atoms with Crippen molar-refractivity contribution in [2.24, 2.45) is 11.3 Å². The maximum atomic E-state index is 13.0. The standard InChI is InChI=1S/C24H34N4O4/c1-17(2)14-26-21(30)13-22(31)28-23(26)18(15-27(28)19-4-5-19)3-6-20(29)25-10-7-24(16-25)8-11-32-12-9-24/h3,6,13,17,19,31H,4-5,7-12,14-16H2,1-2H3/b6-3+. The van der Waals surface area contributed by atoms with Crippen LogP contribution in [0.1, 0.15) is 46.0 Å². The zero-order valence-corrected chi connectivity index (χ0v) is 19.1. The van der Waals surface area contributed by atoms with Gasteiger partial charge in [0.2, 0.25) is 11.8 Å². The fourth-order valence-corrected chi connectivity index (χ4v) is 5.40. The minimum Gasteiger partial charge on any atom is -0.493 e. The third-order valence-corrected chi connectivity index (χ3v) is 7.31. The molecule has 1 saturated carbocycles. The number of fused-ring (bicyclic) bond motifs is 1. The van der Waals surface area contributed by atoms with Gasteiger partial charge in [-0.25, -0.2) is 10.0 Å². The average Bonchev–Trinajstić information content (AvgIpc) is 3.42. The molecule has 2 amide bonds.